The maximum atomic E-state index is 13.2. The predicted molar refractivity (Wildman–Crippen MR) is 168 cm³/mol. The van der Waals surface area contributed by atoms with Crippen LogP contribution in [0.5, 0.6) is 11.5 Å². The molecular weight excluding hydrogens is 569 g/mol. The number of nitrogens with zero attached hydrogens (tertiary/aromatic N) is 2. The molecule has 2 amide bonds. The molecule has 0 atom stereocenters. The van der Waals surface area contributed by atoms with Crippen molar-refractivity contribution in [1.29, 1.82) is 0 Å². The van der Waals surface area contributed by atoms with Gasteiger partial charge < -0.3 is 24.6 Å². The average Bonchev–Trinajstić information content (AvgIpc) is 3.92. The van der Waals surface area contributed by atoms with Gasteiger partial charge in [-0.2, -0.15) is 0 Å². The summed E-state index contributed by atoms with van der Waals surface area (Å²) < 4.78 is 11.1. The Balaban J connectivity index is 1.11. The SMILES string of the molecule is O=C(Nc1cc(Cl)cc(Cl)c1)N1CCC(CN(CC2CC2)CC2CC2)(c2ccc(-c3ccc4c(c3)OCO4)cc2)CC1. The summed E-state index contributed by atoms with van der Waals surface area (Å²) in [5.74, 6) is 3.30. The summed E-state index contributed by atoms with van der Waals surface area (Å²) in [6.45, 7) is 5.12. The summed E-state index contributed by atoms with van der Waals surface area (Å²) in [6.07, 6.45) is 7.29. The van der Waals surface area contributed by atoms with Crippen molar-refractivity contribution in [2.45, 2.75) is 43.9 Å². The van der Waals surface area contributed by atoms with Crippen LogP contribution >= 0.6 is 23.2 Å². The molecule has 2 heterocycles. The lowest BCUT2D eigenvalue weighted by atomic mass is 9.72. The summed E-state index contributed by atoms with van der Waals surface area (Å²) >= 11 is 12.3. The van der Waals surface area contributed by atoms with E-state index in [0.29, 0.717) is 28.8 Å². The van der Waals surface area contributed by atoms with Gasteiger partial charge >= 0.3 is 6.03 Å². The zero-order valence-corrected chi connectivity index (χ0v) is 25.3. The quantitative estimate of drug-likeness (QED) is 0.268. The lowest BCUT2D eigenvalue weighted by Gasteiger charge is -2.45. The van der Waals surface area contributed by atoms with Crippen molar-refractivity contribution in [2.24, 2.45) is 11.8 Å². The first-order chi connectivity index (χ1) is 20.4. The minimum atomic E-state index is -0.104. The standard InChI is InChI=1S/C34H37Cl2N3O3/c35-28-16-29(36)18-30(17-28)37-33(40)39-13-11-34(12-14-39,21-38(19-23-1-2-23)20-24-3-4-24)27-8-5-25(6-9-27)26-7-10-31-32(15-26)42-22-41-31/h5-10,15-18,23-24H,1-4,11-14,19-22H2,(H,37,40). The van der Waals surface area contributed by atoms with Crippen molar-refractivity contribution in [3.05, 3.63) is 76.3 Å². The zero-order valence-electron chi connectivity index (χ0n) is 23.8. The molecule has 3 aromatic carbocycles. The van der Waals surface area contributed by atoms with E-state index in [-0.39, 0.29) is 18.2 Å². The number of carbonyl (C=O) groups is 1. The molecule has 1 N–H and O–H groups in total. The van der Waals surface area contributed by atoms with Crippen molar-refractivity contribution in [3.8, 4) is 22.6 Å². The predicted octanol–water partition coefficient (Wildman–Crippen LogP) is 8.08. The number of carbonyl (C=O) groups excluding carboxylic acids is 1. The highest BCUT2D eigenvalue weighted by atomic mass is 35.5. The molecule has 4 aliphatic rings. The van der Waals surface area contributed by atoms with E-state index in [4.69, 9.17) is 32.7 Å². The van der Waals surface area contributed by atoms with Crippen LogP contribution in [0.15, 0.2) is 60.7 Å². The second-order valence-electron chi connectivity index (χ2n) is 12.6. The topological polar surface area (TPSA) is 54.0 Å². The highest BCUT2D eigenvalue weighted by Crippen LogP contribution is 2.42. The number of piperidine rings is 1. The average molecular weight is 607 g/mol. The number of fused-ring (bicyclic) bond motifs is 1. The first kappa shape index (κ1) is 27.9. The fourth-order valence-corrected chi connectivity index (χ4v) is 7.09. The maximum absolute atomic E-state index is 13.2. The summed E-state index contributed by atoms with van der Waals surface area (Å²) in [5.41, 5.74) is 4.26. The van der Waals surface area contributed by atoms with Gasteiger partial charge in [-0.25, -0.2) is 4.79 Å². The van der Waals surface area contributed by atoms with Crippen LogP contribution in [0, 0.1) is 11.8 Å². The fourth-order valence-electron chi connectivity index (χ4n) is 6.56. The first-order valence-corrected chi connectivity index (χ1v) is 15.9. The number of hydrogen-bond acceptors (Lipinski definition) is 4. The molecule has 6 nitrogen and oxygen atoms in total. The Hall–Kier alpha value is -2.93. The normalized spacial score (nSPS) is 19.3. The number of hydrogen-bond donors (Lipinski definition) is 1. The van der Waals surface area contributed by atoms with Crippen LogP contribution in [0.3, 0.4) is 0 Å². The molecule has 0 aromatic heterocycles. The van der Waals surface area contributed by atoms with E-state index in [1.54, 1.807) is 18.2 Å². The van der Waals surface area contributed by atoms with Crippen molar-refractivity contribution >= 4 is 34.9 Å². The maximum Gasteiger partial charge on any atom is 0.321 e. The van der Waals surface area contributed by atoms with Gasteiger partial charge in [0, 0.05) is 53.9 Å². The van der Waals surface area contributed by atoms with Gasteiger partial charge in [0.2, 0.25) is 6.79 Å². The molecule has 2 aliphatic carbocycles. The molecule has 2 aliphatic heterocycles. The molecule has 220 valence electrons. The van der Waals surface area contributed by atoms with Crippen molar-refractivity contribution < 1.29 is 14.3 Å². The van der Waals surface area contributed by atoms with Gasteiger partial charge in [-0.1, -0.05) is 53.5 Å². The van der Waals surface area contributed by atoms with E-state index >= 15 is 0 Å². The van der Waals surface area contributed by atoms with Crippen LogP contribution in [0.25, 0.3) is 11.1 Å². The number of rotatable bonds is 9. The number of ether oxygens (including phenoxy) is 2. The van der Waals surface area contributed by atoms with Gasteiger partial charge in [0.15, 0.2) is 11.5 Å². The van der Waals surface area contributed by atoms with E-state index in [1.807, 2.05) is 11.0 Å². The molecule has 7 rings (SSSR count). The van der Waals surface area contributed by atoms with Gasteiger partial charge in [0.05, 0.1) is 0 Å². The van der Waals surface area contributed by atoms with Crippen LogP contribution < -0.4 is 14.8 Å². The third kappa shape index (κ3) is 6.36. The molecule has 0 bridgehead atoms. The van der Waals surface area contributed by atoms with E-state index < -0.39 is 0 Å². The number of nitrogens with one attached hydrogen (secondary N) is 1. The highest BCUT2D eigenvalue weighted by Gasteiger charge is 2.41. The van der Waals surface area contributed by atoms with Crippen LogP contribution in [0.2, 0.25) is 10.0 Å². The molecule has 3 fully saturated rings. The zero-order chi connectivity index (χ0) is 28.7. The molecule has 3 aromatic rings. The number of urea groups is 1. The Bertz CT molecular complexity index is 1410. The Morgan fingerprint density at radius 2 is 1.45 bits per heavy atom. The molecule has 2 saturated carbocycles. The molecule has 0 unspecified atom stereocenters. The first-order valence-electron chi connectivity index (χ1n) is 15.2. The number of amides is 2. The Labute approximate surface area is 257 Å². The number of anilines is 1. The van der Waals surface area contributed by atoms with Gasteiger partial charge in [0.1, 0.15) is 0 Å². The molecule has 1 saturated heterocycles. The van der Waals surface area contributed by atoms with Gasteiger partial charge in [0.25, 0.3) is 0 Å². The summed E-state index contributed by atoms with van der Waals surface area (Å²) in [4.78, 5) is 17.9. The molecule has 42 heavy (non-hydrogen) atoms. The van der Waals surface area contributed by atoms with E-state index in [0.717, 1.165) is 53.8 Å². The molecule has 0 spiro atoms. The van der Waals surface area contributed by atoms with E-state index in [1.165, 1.54) is 44.3 Å². The van der Waals surface area contributed by atoms with E-state index in [2.05, 4.69) is 46.6 Å². The van der Waals surface area contributed by atoms with Crippen LogP contribution in [-0.2, 0) is 5.41 Å². The number of benzene rings is 3. The Morgan fingerprint density at radius 3 is 2.10 bits per heavy atom. The summed E-state index contributed by atoms with van der Waals surface area (Å²) in [6, 6.07) is 20.3. The molecule has 8 heteroatoms. The number of halogens is 2. The molecule has 0 radical (unpaired) electrons. The minimum absolute atomic E-state index is 0.00661. The summed E-state index contributed by atoms with van der Waals surface area (Å²) in [7, 11) is 0. The van der Waals surface area contributed by atoms with Gasteiger partial charge in [-0.05, 0) is 97.4 Å². The monoisotopic (exact) mass is 605 g/mol. The van der Waals surface area contributed by atoms with Crippen molar-refractivity contribution in [3.63, 3.8) is 0 Å². The van der Waals surface area contributed by atoms with Crippen molar-refractivity contribution in [1.82, 2.24) is 9.80 Å². The van der Waals surface area contributed by atoms with Crippen LogP contribution in [-0.4, -0.2) is 55.3 Å². The lowest BCUT2D eigenvalue weighted by molar-refractivity contribution is 0.123. The second-order valence-corrected chi connectivity index (χ2v) is 13.5. The van der Waals surface area contributed by atoms with Crippen LogP contribution in [0.4, 0.5) is 10.5 Å². The smallest absolute Gasteiger partial charge is 0.321 e. The molecular formula is C34H37Cl2N3O3. The van der Waals surface area contributed by atoms with Gasteiger partial charge in [-0.3, -0.25) is 0 Å². The minimum Gasteiger partial charge on any atom is -0.454 e. The van der Waals surface area contributed by atoms with E-state index in [9.17, 15) is 4.79 Å². The third-order valence-corrected chi connectivity index (χ3v) is 9.71. The summed E-state index contributed by atoms with van der Waals surface area (Å²) in [5, 5.41) is 4.01. The number of likely N-dealkylation sites (tertiary alicyclic amines) is 1. The Kier molecular flexibility index (Phi) is 7.72. The highest BCUT2D eigenvalue weighted by molar-refractivity contribution is 6.35. The third-order valence-electron chi connectivity index (χ3n) is 9.28. The van der Waals surface area contributed by atoms with Crippen LogP contribution in [0.1, 0.15) is 44.1 Å². The second kappa shape index (κ2) is 11.6. The Morgan fingerprint density at radius 1 is 0.833 bits per heavy atom. The van der Waals surface area contributed by atoms with Crippen molar-refractivity contribution in [2.75, 3.05) is 44.8 Å². The van der Waals surface area contributed by atoms with Gasteiger partial charge in [-0.15, -0.1) is 0 Å². The lowest BCUT2D eigenvalue weighted by Crippen LogP contribution is -2.51. The largest absolute Gasteiger partial charge is 0.454 e. The fraction of sp³-hybridized carbons (Fsp3) is 0.441.